The third-order valence-electron chi connectivity index (χ3n) is 5.42. The zero-order chi connectivity index (χ0) is 17.6. The maximum absolute atomic E-state index is 12.8. The number of para-hydroxylation sites is 1. The zero-order valence-electron chi connectivity index (χ0n) is 13.9. The fourth-order valence-electron chi connectivity index (χ4n) is 4.09. The molecule has 1 heterocycles. The van der Waals surface area contributed by atoms with Crippen LogP contribution in [-0.4, -0.2) is 41.5 Å². The van der Waals surface area contributed by atoms with Gasteiger partial charge in [0.25, 0.3) is 5.16 Å². The quantitative estimate of drug-likeness (QED) is 0.839. The Hall–Kier alpha value is -2.22. The maximum Gasteiger partial charge on any atom is 0.350 e. The van der Waals surface area contributed by atoms with Crippen LogP contribution in [0.25, 0.3) is 0 Å². The summed E-state index contributed by atoms with van der Waals surface area (Å²) >= 11 is 0. The summed E-state index contributed by atoms with van der Waals surface area (Å²) in [4.78, 5) is 17.9. The van der Waals surface area contributed by atoms with Gasteiger partial charge >= 0.3 is 6.03 Å². The highest BCUT2D eigenvalue weighted by Crippen LogP contribution is 2.48. The Balaban J connectivity index is 1.57. The fraction of sp³-hybridized carbons (Fsp3) is 0.471. The van der Waals surface area contributed by atoms with Crippen molar-refractivity contribution in [2.75, 3.05) is 11.9 Å². The zero-order valence-corrected chi connectivity index (χ0v) is 14.8. The lowest BCUT2D eigenvalue weighted by atomic mass is 10.0. The Morgan fingerprint density at radius 3 is 2.60 bits per heavy atom. The SMILES string of the molecule is CN(C(=O)n1cnc(S(=O)(=O)[C@@H]2C[C@H]3CC[C@@H]2C3)n1)c1ccccc1. The first-order chi connectivity index (χ1) is 12.0. The molecule has 2 aromatic rings. The van der Waals surface area contributed by atoms with Crippen molar-refractivity contribution in [1.29, 1.82) is 0 Å². The lowest BCUT2D eigenvalue weighted by molar-refractivity contribution is 0.246. The first-order valence-corrected chi connectivity index (χ1v) is 10.00. The number of benzene rings is 1. The van der Waals surface area contributed by atoms with Crippen LogP contribution < -0.4 is 4.90 Å². The van der Waals surface area contributed by atoms with Crippen molar-refractivity contribution in [3.63, 3.8) is 0 Å². The molecule has 1 aromatic heterocycles. The Morgan fingerprint density at radius 1 is 1.20 bits per heavy atom. The Bertz CT molecular complexity index is 894. The summed E-state index contributed by atoms with van der Waals surface area (Å²) in [6.45, 7) is 0. The van der Waals surface area contributed by atoms with Gasteiger partial charge in [0.2, 0.25) is 9.84 Å². The predicted octanol–water partition coefficient (Wildman–Crippen LogP) is 2.34. The lowest BCUT2D eigenvalue weighted by Crippen LogP contribution is -2.32. The molecule has 2 fully saturated rings. The minimum absolute atomic E-state index is 0.213. The Kier molecular flexibility index (Phi) is 3.87. The topological polar surface area (TPSA) is 85.2 Å². The van der Waals surface area contributed by atoms with Crippen molar-refractivity contribution in [2.24, 2.45) is 11.8 Å². The summed E-state index contributed by atoms with van der Waals surface area (Å²) in [6, 6.07) is 8.64. The van der Waals surface area contributed by atoms with E-state index < -0.39 is 21.1 Å². The van der Waals surface area contributed by atoms with Crippen LogP contribution in [0, 0.1) is 11.8 Å². The molecule has 2 aliphatic carbocycles. The molecule has 7 nitrogen and oxygen atoms in total. The van der Waals surface area contributed by atoms with Crippen molar-refractivity contribution in [3.05, 3.63) is 36.7 Å². The van der Waals surface area contributed by atoms with E-state index in [9.17, 15) is 13.2 Å². The largest absolute Gasteiger partial charge is 0.350 e. The van der Waals surface area contributed by atoms with Crippen molar-refractivity contribution >= 4 is 21.6 Å². The average molecular weight is 360 g/mol. The molecule has 1 aromatic carbocycles. The number of fused-ring (bicyclic) bond motifs is 2. The lowest BCUT2D eigenvalue weighted by Gasteiger charge is -2.20. The molecule has 3 atom stereocenters. The van der Waals surface area contributed by atoms with E-state index in [0.29, 0.717) is 18.0 Å². The van der Waals surface area contributed by atoms with Crippen LogP contribution in [0.4, 0.5) is 10.5 Å². The number of carbonyl (C=O) groups excluding carboxylic acids is 1. The van der Waals surface area contributed by atoms with E-state index in [0.717, 1.165) is 23.9 Å². The van der Waals surface area contributed by atoms with Gasteiger partial charge < -0.3 is 0 Å². The molecule has 25 heavy (non-hydrogen) atoms. The van der Waals surface area contributed by atoms with Gasteiger partial charge in [-0.2, -0.15) is 4.68 Å². The van der Waals surface area contributed by atoms with Crippen molar-refractivity contribution in [2.45, 2.75) is 36.1 Å². The fourth-order valence-corrected chi connectivity index (χ4v) is 6.03. The first kappa shape index (κ1) is 16.3. The second-order valence-electron chi connectivity index (χ2n) is 6.91. The molecule has 0 radical (unpaired) electrons. The maximum atomic E-state index is 12.8. The molecule has 0 N–H and O–H groups in total. The summed E-state index contributed by atoms with van der Waals surface area (Å²) in [6.07, 6.45) is 4.95. The van der Waals surface area contributed by atoms with Crippen molar-refractivity contribution in [1.82, 2.24) is 14.8 Å². The molecule has 8 heteroatoms. The third kappa shape index (κ3) is 2.74. The molecule has 132 valence electrons. The number of anilines is 1. The molecular formula is C17H20N4O3S. The number of rotatable bonds is 3. The van der Waals surface area contributed by atoms with E-state index in [2.05, 4.69) is 10.1 Å². The molecule has 0 unspecified atom stereocenters. The van der Waals surface area contributed by atoms with E-state index in [1.165, 1.54) is 11.2 Å². The molecular weight excluding hydrogens is 340 g/mol. The van der Waals surface area contributed by atoms with Crippen molar-refractivity contribution < 1.29 is 13.2 Å². The van der Waals surface area contributed by atoms with E-state index in [1.807, 2.05) is 18.2 Å². The summed E-state index contributed by atoms with van der Waals surface area (Å²) < 4.78 is 26.7. The molecule has 2 bridgehead atoms. The standard InChI is InChI=1S/C17H20N4O3S/c1-20(14-5-3-2-4-6-14)17(22)21-11-18-16(19-21)25(23,24)15-10-12-7-8-13(15)9-12/h2-6,11-13,15H,7-10H2,1H3/t12-,13+,15+/m0/s1. The van der Waals surface area contributed by atoms with E-state index in [4.69, 9.17) is 0 Å². The Labute approximate surface area is 146 Å². The van der Waals surface area contributed by atoms with E-state index in [-0.39, 0.29) is 11.1 Å². The van der Waals surface area contributed by atoms with Crippen LogP contribution >= 0.6 is 0 Å². The summed E-state index contributed by atoms with van der Waals surface area (Å²) in [5, 5.41) is 3.35. The Morgan fingerprint density at radius 2 is 1.96 bits per heavy atom. The number of hydrogen-bond acceptors (Lipinski definition) is 5. The van der Waals surface area contributed by atoms with Gasteiger partial charge in [-0.3, -0.25) is 4.90 Å². The van der Waals surface area contributed by atoms with Crippen LogP contribution in [0.5, 0.6) is 0 Å². The van der Waals surface area contributed by atoms with Crippen molar-refractivity contribution in [3.8, 4) is 0 Å². The summed E-state index contributed by atoms with van der Waals surface area (Å²) in [5.74, 6) is 0.724. The third-order valence-corrected chi connectivity index (χ3v) is 7.49. The van der Waals surface area contributed by atoms with Gasteiger partial charge in [0, 0.05) is 12.7 Å². The number of carbonyl (C=O) groups is 1. The minimum Gasteiger partial charge on any atom is -0.296 e. The highest BCUT2D eigenvalue weighted by atomic mass is 32.2. The number of hydrogen-bond donors (Lipinski definition) is 0. The van der Waals surface area contributed by atoms with Crippen LogP contribution in [0.3, 0.4) is 0 Å². The van der Waals surface area contributed by atoms with Gasteiger partial charge in [-0.05, 0) is 43.2 Å². The normalized spacial score (nSPS) is 25.2. The average Bonchev–Trinajstić information content (AvgIpc) is 3.37. The van der Waals surface area contributed by atoms with Gasteiger partial charge in [0.15, 0.2) is 0 Å². The predicted molar refractivity (Wildman–Crippen MR) is 92.1 cm³/mol. The molecule has 1 amide bonds. The minimum atomic E-state index is -3.59. The van der Waals surface area contributed by atoms with Gasteiger partial charge in [-0.15, -0.1) is 5.10 Å². The van der Waals surface area contributed by atoms with Gasteiger partial charge in [-0.25, -0.2) is 18.2 Å². The molecule has 4 rings (SSSR count). The van der Waals surface area contributed by atoms with E-state index >= 15 is 0 Å². The van der Waals surface area contributed by atoms with Gasteiger partial charge in [-0.1, -0.05) is 24.6 Å². The molecule has 0 spiro atoms. The second kappa shape index (κ2) is 5.94. The first-order valence-electron chi connectivity index (χ1n) is 8.45. The smallest absolute Gasteiger partial charge is 0.296 e. The van der Waals surface area contributed by atoms with Gasteiger partial charge in [0.05, 0.1) is 5.25 Å². The van der Waals surface area contributed by atoms with Crippen LogP contribution in [-0.2, 0) is 9.84 Å². The van der Waals surface area contributed by atoms with Crippen LogP contribution in [0.15, 0.2) is 41.8 Å². The number of sulfone groups is 1. The number of amides is 1. The molecule has 0 aliphatic heterocycles. The molecule has 2 saturated carbocycles. The highest BCUT2D eigenvalue weighted by Gasteiger charge is 2.47. The second-order valence-corrected chi connectivity index (χ2v) is 8.97. The van der Waals surface area contributed by atoms with E-state index in [1.54, 1.807) is 19.2 Å². The van der Waals surface area contributed by atoms with Crippen LogP contribution in [0.1, 0.15) is 25.7 Å². The summed E-state index contributed by atoms with van der Waals surface area (Å²) in [7, 11) is -1.97. The van der Waals surface area contributed by atoms with Gasteiger partial charge in [0.1, 0.15) is 6.33 Å². The summed E-state index contributed by atoms with van der Waals surface area (Å²) in [5.41, 5.74) is 0.695. The number of aromatic nitrogens is 3. The van der Waals surface area contributed by atoms with Crippen LogP contribution in [0.2, 0.25) is 0 Å². The highest BCUT2D eigenvalue weighted by molar-refractivity contribution is 7.91. The molecule has 2 aliphatic rings. The number of nitrogens with zero attached hydrogens (tertiary/aromatic N) is 4. The monoisotopic (exact) mass is 360 g/mol. The molecule has 0 saturated heterocycles.